The Hall–Kier alpha value is -3.92. The van der Waals surface area contributed by atoms with Crippen LogP contribution in [0, 0.1) is 11.6 Å². The van der Waals surface area contributed by atoms with E-state index in [4.69, 9.17) is 9.47 Å². The summed E-state index contributed by atoms with van der Waals surface area (Å²) in [5, 5.41) is 12.5. The lowest BCUT2D eigenvalue weighted by atomic mass is 10.1. The maximum atomic E-state index is 13.8. The first-order chi connectivity index (χ1) is 20.5. The average molecular weight is 619 g/mol. The number of benzene rings is 2. The minimum atomic E-state index is -4.25. The summed E-state index contributed by atoms with van der Waals surface area (Å²) in [5.74, 6) is -2.47. The van der Waals surface area contributed by atoms with Crippen molar-refractivity contribution < 1.29 is 36.3 Å². The van der Waals surface area contributed by atoms with E-state index in [0.717, 1.165) is 22.9 Å². The van der Waals surface area contributed by atoms with Gasteiger partial charge in [0.1, 0.15) is 30.1 Å². The lowest BCUT2D eigenvalue weighted by molar-refractivity contribution is -0.124. The highest BCUT2D eigenvalue weighted by Gasteiger charge is 2.33. The summed E-state index contributed by atoms with van der Waals surface area (Å²) in [6.07, 6.45) is 0.918. The van der Waals surface area contributed by atoms with Crippen LogP contribution in [0.15, 0.2) is 41.3 Å². The van der Waals surface area contributed by atoms with Crippen molar-refractivity contribution >= 4 is 33.3 Å². The quantitative estimate of drug-likeness (QED) is 0.315. The van der Waals surface area contributed by atoms with Gasteiger partial charge in [0.25, 0.3) is 11.8 Å². The van der Waals surface area contributed by atoms with E-state index in [-0.39, 0.29) is 42.5 Å². The molecule has 1 atom stereocenters. The van der Waals surface area contributed by atoms with Crippen molar-refractivity contribution in [3.05, 3.63) is 64.9 Å². The van der Waals surface area contributed by atoms with E-state index in [1.165, 1.54) is 6.07 Å². The fourth-order valence-electron chi connectivity index (χ4n) is 4.84. The van der Waals surface area contributed by atoms with Crippen molar-refractivity contribution in [1.82, 2.24) is 19.4 Å². The van der Waals surface area contributed by atoms with Gasteiger partial charge >= 0.3 is 0 Å². The second-order valence-electron chi connectivity index (χ2n) is 10.5. The van der Waals surface area contributed by atoms with Gasteiger partial charge in [-0.3, -0.25) is 14.7 Å². The molecule has 3 N–H and O–H groups in total. The molecule has 2 aromatic carbocycles. The summed E-state index contributed by atoms with van der Waals surface area (Å²) in [7, 11) is -0.428. The normalized spacial score (nSPS) is 17.1. The van der Waals surface area contributed by atoms with Crippen LogP contribution < -0.4 is 15.4 Å². The van der Waals surface area contributed by atoms with Gasteiger partial charge in [0, 0.05) is 56.1 Å². The van der Waals surface area contributed by atoms with Crippen LogP contribution in [0.4, 0.5) is 20.3 Å². The monoisotopic (exact) mass is 618 g/mol. The number of carbonyl (C=O) groups excluding carboxylic acids is 2. The van der Waals surface area contributed by atoms with Crippen molar-refractivity contribution in [2.45, 2.75) is 36.8 Å². The molecule has 0 saturated carbocycles. The maximum Gasteiger partial charge on any atom is 0.258 e. The largest absolute Gasteiger partial charge is 0.492 e. The number of likely N-dealkylation sites (N-methyl/N-ethyl adjacent to an activating group) is 1. The predicted octanol–water partition coefficient (Wildman–Crippen LogP) is 2.75. The molecule has 230 valence electrons. The number of nitrogens with zero attached hydrogens (tertiary/aromatic N) is 3. The van der Waals surface area contributed by atoms with E-state index in [1.807, 2.05) is 19.0 Å². The molecule has 1 fully saturated rings. The van der Waals surface area contributed by atoms with Gasteiger partial charge in [-0.2, -0.15) is 9.40 Å². The zero-order valence-electron chi connectivity index (χ0n) is 23.7. The van der Waals surface area contributed by atoms with Gasteiger partial charge in [-0.05, 0) is 51.2 Å². The van der Waals surface area contributed by atoms with Gasteiger partial charge in [-0.1, -0.05) is 0 Å². The summed E-state index contributed by atoms with van der Waals surface area (Å²) in [5.41, 5.74) is 1.36. The minimum absolute atomic E-state index is 0.0394. The zero-order valence-corrected chi connectivity index (χ0v) is 24.5. The van der Waals surface area contributed by atoms with Crippen LogP contribution in [0.1, 0.15) is 34.5 Å². The number of fused-ring (bicyclic) bond motifs is 1. The number of aromatic amines is 1. The third-order valence-electron chi connectivity index (χ3n) is 7.13. The number of ether oxygens (including phenoxy) is 2. The third-order valence-corrected chi connectivity index (χ3v) is 8.95. The maximum absolute atomic E-state index is 13.8. The molecule has 2 aliphatic heterocycles. The van der Waals surface area contributed by atoms with E-state index in [1.54, 1.807) is 12.1 Å². The fourth-order valence-corrected chi connectivity index (χ4v) is 6.29. The molecule has 0 aliphatic carbocycles. The Labute approximate surface area is 247 Å². The molecule has 1 saturated heterocycles. The van der Waals surface area contributed by atoms with Crippen molar-refractivity contribution in [3.8, 4) is 5.75 Å². The highest BCUT2D eigenvalue weighted by Crippen LogP contribution is 2.30. The number of anilines is 2. The molecule has 0 radical (unpaired) electrons. The molecule has 3 aromatic rings. The Balaban J connectivity index is 1.37. The number of aromatic nitrogens is 2. The van der Waals surface area contributed by atoms with Crippen LogP contribution in [0.5, 0.6) is 5.75 Å². The van der Waals surface area contributed by atoms with Crippen LogP contribution in [0.3, 0.4) is 0 Å². The second-order valence-corrected chi connectivity index (χ2v) is 12.5. The number of H-pyrrole nitrogens is 1. The topological polar surface area (TPSA) is 146 Å². The van der Waals surface area contributed by atoms with Gasteiger partial charge in [0.2, 0.25) is 10.0 Å². The number of amides is 2. The predicted molar refractivity (Wildman–Crippen MR) is 152 cm³/mol. The van der Waals surface area contributed by atoms with Crippen LogP contribution in [-0.2, 0) is 32.5 Å². The first-order valence-corrected chi connectivity index (χ1v) is 15.1. The number of nitrogens with one attached hydrogen (secondary N) is 3. The van der Waals surface area contributed by atoms with E-state index in [2.05, 4.69) is 20.8 Å². The number of carbonyl (C=O) groups is 2. The molecule has 2 aliphatic rings. The Morgan fingerprint density at radius 2 is 1.93 bits per heavy atom. The van der Waals surface area contributed by atoms with E-state index in [9.17, 15) is 26.8 Å². The van der Waals surface area contributed by atoms with Crippen molar-refractivity contribution in [2.75, 3.05) is 51.0 Å². The van der Waals surface area contributed by atoms with Gasteiger partial charge < -0.3 is 25.0 Å². The van der Waals surface area contributed by atoms with Gasteiger partial charge in [0.05, 0.1) is 16.1 Å². The molecule has 0 bridgehead atoms. The number of hydrogen-bond donors (Lipinski definition) is 3. The number of sulfonamides is 1. The van der Waals surface area contributed by atoms with Crippen LogP contribution in [-0.4, -0.2) is 86.1 Å². The summed E-state index contributed by atoms with van der Waals surface area (Å²) in [4.78, 5) is 27.8. The molecule has 1 aromatic heterocycles. The molecule has 2 amide bonds. The highest BCUT2D eigenvalue weighted by molar-refractivity contribution is 7.89. The van der Waals surface area contributed by atoms with Crippen LogP contribution in [0.2, 0.25) is 0 Å². The lowest BCUT2D eigenvalue weighted by Gasteiger charge is -2.26. The Bertz CT molecular complexity index is 1600. The molecule has 15 heteroatoms. The summed E-state index contributed by atoms with van der Waals surface area (Å²) < 4.78 is 66.3. The molecule has 5 rings (SSSR count). The Morgan fingerprint density at radius 3 is 2.63 bits per heavy atom. The number of halogens is 2. The fraction of sp³-hybridized carbons (Fsp3) is 0.393. The van der Waals surface area contributed by atoms with Crippen molar-refractivity contribution in [2.24, 2.45) is 0 Å². The summed E-state index contributed by atoms with van der Waals surface area (Å²) >= 11 is 0. The van der Waals surface area contributed by atoms with Gasteiger partial charge in [0.15, 0.2) is 5.82 Å². The first-order valence-electron chi connectivity index (χ1n) is 13.7. The minimum Gasteiger partial charge on any atom is -0.492 e. The van der Waals surface area contributed by atoms with E-state index in [0.29, 0.717) is 49.3 Å². The van der Waals surface area contributed by atoms with Crippen LogP contribution in [0.25, 0.3) is 0 Å². The summed E-state index contributed by atoms with van der Waals surface area (Å²) in [6, 6.07) is 6.79. The molecule has 3 heterocycles. The molecular formula is C28H32F2N6O6S. The first kappa shape index (κ1) is 30.5. The zero-order chi connectivity index (χ0) is 30.7. The Kier molecular flexibility index (Phi) is 9.05. The smallest absolute Gasteiger partial charge is 0.258 e. The van der Waals surface area contributed by atoms with E-state index >= 15 is 0 Å². The SMILES string of the molecule is CN(C)CCOc1ccc(C(=O)Nc2n[nH]c3c2CN(S(=O)(=O)c2cc(F)cc(F)c2)CC3)c(NC(=O)[C@H]2CCCO2)c1. The van der Waals surface area contributed by atoms with Gasteiger partial charge in [-0.25, -0.2) is 17.2 Å². The standard InChI is InChI=1S/C28H32F2N6O6S/c1-35(2)9-11-41-19-5-6-21(24(15-19)31-28(38)25-4-3-10-42-25)27(37)32-26-22-16-36(8-7-23(22)33-34-26)43(39,40)20-13-17(29)12-18(30)14-20/h5-6,12-15,25H,3-4,7-11,16H2,1-2H3,(H,31,38)(H2,32,33,34,37)/t25-/m1/s1. The number of hydrogen-bond acceptors (Lipinski definition) is 8. The third kappa shape index (κ3) is 7.01. The molecule has 12 nitrogen and oxygen atoms in total. The number of rotatable bonds is 10. The van der Waals surface area contributed by atoms with Crippen LogP contribution >= 0.6 is 0 Å². The molecule has 0 unspecified atom stereocenters. The van der Waals surface area contributed by atoms with Gasteiger partial charge in [-0.15, -0.1) is 0 Å². The van der Waals surface area contributed by atoms with E-state index < -0.39 is 38.6 Å². The molecule has 0 spiro atoms. The molecular weight excluding hydrogens is 586 g/mol. The van der Waals surface area contributed by atoms with Crippen molar-refractivity contribution in [3.63, 3.8) is 0 Å². The summed E-state index contributed by atoms with van der Waals surface area (Å²) in [6.45, 7) is 1.37. The average Bonchev–Trinajstić information content (AvgIpc) is 3.63. The Morgan fingerprint density at radius 1 is 1.16 bits per heavy atom. The highest BCUT2D eigenvalue weighted by atomic mass is 32.2. The lowest BCUT2D eigenvalue weighted by Crippen LogP contribution is -2.36. The second kappa shape index (κ2) is 12.8. The molecule has 43 heavy (non-hydrogen) atoms. The van der Waals surface area contributed by atoms with Crippen molar-refractivity contribution in [1.29, 1.82) is 0 Å².